The van der Waals surface area contributed by atoms with Crippen LogP contribution >= 0.6 is 0 Å². The highest BCUT2D eigenvalue weighted by atomic mass is 32.2. The number of carboxylic acid groups (broad SMARTS) is 1. The van der Waals surface area contributed by atoms with E-state index in [9.17, 15) is 13.2 Å². The van der Waals surface area contributed by atoms with Gasteiger partial charge in [0, 0.05) is 18.8 Å². The number of rotatable bonds is 3. The summed E-state index contributed by atoms with van der Waals surface area (Å²) in [6.45, 7) is 4.39. The fourth-order valence-corrected chi connectivity index (χ4v) is 4.06. The Morgan fingerprint density at radius 3 is 2.60 bits per heavy atom. The molecular formula is C13H18N2O4S. The van der Waals surface area contributed by atoms with Crippen LogP contribution in [0.15, 0.2) is 23.4 Å². The van der Waals surface area contributed by atoms with Crippen LogP contribution < -0.4 is 0 Å². The molecule has 1 saturated heterocycles. The summed E-state index contributed by atoms with van der Waals surface area (Å²) in [4.78, 5) is 14.6. The van der Waals surface area contributed by atoms with Crippen molar-refractivity contribution in [3.05, 3.63) is 23.9 Å². The molecule has 0 aromatic carbocycles. The predicted octanol–water partition coefficient (Wildman–Crippen LogP) is 1.59. The second-order valence-corrected chi connectivity index (χ2v) is 7.13. The van der Waals surface area contributed by atoms with Gasteiger partial charge in [0.05, 0.1) is 5.56 Å². The molecule has 0 amide bonds. The van der Waals surface area contributed by atoms with Crippen molar-refractivity contribution in [1.29, 1.82) is 0 Å². The van der Waals surface area contributed by atoms with Crippen molar-refractivity contribution in [3.63, 3.8) is 0 Å². The van der Waals surface area contributed by atoms with Gasteiger partial charge in [0.1, 0.15) is 0 Å². The Morgan fingerprint density at radius 2 is 2.05 bits per heavy atom. The maximum absolute atomic E-state index is 12.5. The first-order valence-electron chi connectivity index (χ1n) is 6.53. The van der Waals surface area contributed by atoms with Crippen molar-refractivity contribution in [1.82, 2.24) is 9.29 Å². The third-order valence-electron chi connectivity index (χ3n) is 3.62. The standard InChI is InChI=1S/C13H18N2O4S/c1-9-3-4-10(2)15(8-9)20(18,19)12-6-5-11(7-14-12)13(16)17/h5-7,9-10H,3-4,8H2,1-2H3,(H,16,17). The predicted molar refractivity (Wildman–Crippen MR) is 72.9 cm³/mol. The van der Waals surface area contributed by atoms with Gasteiger partial charge in [-0.15, -0.1) is 0 Å². The molecule has 110 valence electrons. The van der Waals surface area contributed by atoms with E-state index in [0.717, 1.165) is 19.0 Å². The van der Waals surface area contributed by atoms with Crippen LogP contribution in [0.3, 0.4) is 0 Å². The van der Waals surface area contributed by atoms with Gasteiger partial charge in [0.15, 0.2) is 5.03 Å². The maximum atomic E-state index is 12.5. The molecule has 0 saturated carbocycles. The number of piperidine rings is 1. The van der Waals surface area contributed by atoms with E-state index in [1.807, 2.05) is 13.8 Å². The average molecular weight is 298 g/mol. The Bertz CT molecular complexity index is 597. The molecule has 20 heavy (non-hydrogen) atoms. The molecule has 1 fully saturated rings. The van der Waals surface area contributed by atoms with Crippen LogP contribution in [-0.4, -0.2) is 41.4 Å². The zero-order valence-corrected chi connectivity index (χ0v) is 12.3. The van der Waals surface area contributed by atoms with Gasteiger partial charge in [-0.3, -0.25) is 0 Å². The molecule has 1 aromatic heterocycles. The van der Waals surface area contributed by atoms with E-state index in [0.29, 0.717) is 12.5 Å². The quantitative estimate of drug-likeness (QED) is 0.915. The lowest BCUT2D eigenvalue weighted by molar-refractivity contribution is 0.0696. The lowest BCUT2D eigenvalue weighted by Crippen LogP contribution is -2.45. The molecule has 2 unspecified atom stereocenters. The lowest BCUT2D eigenvalue weighted by Gasteiger charge is -2.35. The summed E-state index contributed by atoms with van der Waals surface area (Å²) in [6, 6.07) is 2.46. The van der Waals surface area contributed by atoms with E-state index < -0.39 is 16.0 Å². The molecule has 7 heteroatoms. The van der Waals surface area contributed by atoms with Gasteiger partial charge >= 0.3 is 5.97 Å². The van der Waals surface area contributed by atoms with Gasteiger partial charge in [-0.25, -0.2) is 18.2 Å². The monoisotopic (exact) mass is 298 g/mol. The van der Waals surface area contributed by atoms with Crippen molar-refractivity contribution in [2.24, 2.45) is 5.92 Å². The summed E-state index contributed by atoms with van der Waals surface area (Å²) in [5.74, 6) is -0.805. The SMILES string of the molecule is CC1CCC(C)N(S(=O)(=O)c2ccc(C(=O)O)cn2)C1. The van der Waals surface area contributed by atoms with Crippen LogP contribution in [-0.2, 0) is 10.0 Å². The minimum absolute atomic E-state index is 0.0241. The summed E-state index contributed by atoms with van der Waals surface area (Å²) in [5.41, 5.74) is -0.0241. The first kappa shape index (κ1) is 14.9. The summed E-state index contributed by atoms with van der Waals surface area (Å²) < 4.78 is 26.5. The first-order chi connectivity index (χ1) is 9.32. The Morgan fingerprint density at radius 1 is 1.35 bits per heavy atom. The van der Waals surface area contributed by atoms with Crippen LogP contribution in [0.25, 0.3) is 0 Å². The van der Waals surface area contributed by atoms with E-state index in [-0.39, 0.29) is 16.6 Å². The molecule has 1 aliphatic heterocycles. The van der Waals surface area contributed by atoms with Gasteiger partial charge in [-0.05, 0) is 37.8 Å². The number of nitrogens with zero attached hydrogens (tertiary/aromatic N) is 2. The van der Waals surface area contributed by atoms with Crippen LogP contribution in [0.2, 0.25) is 0 Å². The molecular weight excluding hydrogens is 280 g/mol. The number of carbonyl (C=O) groups is 1. The number of aromatic nitrogens is 1. The highest BCUT2D eigenvalue weighted by Gasteiger charge is 2.34. The summed E-state index contributed by atoms with van der Waals surface area (Å²) >= 11 is 0. The number of aromatic carboxylic acids is 1. The van der Waals surface area contributed by atoms with Crippen molar-refractivity contribution in [2.45, 2.75) is 37.8 Å². The van der Waals surface area contributed by atoms with Crippen molar-refractivity contribution >= 4 is 16.0 Å². The number of pyridine rings is 1. The third-order valence-corrected chi connectivity index (χ3v) is 5.51. The fraction of sp³-hybridized carbons (Fsp3) is 0.538. The van der Waals surface area contributed by atoms with E-state index >= 15 is 0 Å². The minimum Gasteiger partial charge on any atom is -0.478 e. The van der Waals surface area contributed by atoms with Crippen LogP contribution in [0, 0.1) is 5.92 Å². The molecule has 0 bridgehead atoms. The molecule has 2 atom stereocenters. The summed E-state index contributed by atoms with van der Waals surface area (Å²) in [5, 5.41) is 8.71. The number of hydrogen-bond donors (Lipinski definition) is 1. The first-order valence-corrected chi connectivity index (χ1v) is 7.97. The third kappa shape index (κ3) is 2.83. The molecule has 0 aliphatic carbocycles. The van der Waals surface area contributed by atoms with Gasteiger partial charge in [0.25, 0.3) is 10.0 Å². The molecule has 0 radical (unpaired) electrons. The number of hydrogen-bond acceptors (Lipinski definition) is 4. The smallest absolute Gasteiger partial charge is 0.337 e. The zero-order chi connectivity index (χ0) is 14.9. The Kier molecular flexibility index (Phi) is 4.10. The Balaban J connectivity index is 2.31. The van der Waals surface area contributed by atoms with E-state index in [1.165, 1.54) is 16.4 Å². The van der Waals surface area contributed by atoms with Gasteiger partial charge < -0.3 is 5.11 Å². The Hall–Kier alpha value is -1.47. The highest BCUT2D eigenvalue weighted by molar-refractivity contribution is 7.89. The molecule has 1 aromatic rings. The van der Waals surface area contributed by atoms with E-state index in [4.69, 9.17) is 5.11 Å². The van der Waals surface area contributed by atoms with Crippen molar-refractivity contribution < 1.29 is 18.3 Å². The zero-order valence-electron chi connectivity index (χ0n) is 11.5. The number of sulfonamides is 1. The van der Waals surface area contributed by atoms with E-state index in [2.05, 4.69) is 4.98 Å². The molecule has 1 aliphatic rings. The van der Waals surface area contributed by atoms with Gasteiger partial charge in [-0.2, -0.15) is 4.31 Å². The molecule has 6 nitrogen and oxygen atoms in total. The van der Waals surface area contributed by atoms with Crippen molar-refractivity contribution in [2.75, 3.05) is 6.54 Å². The highest BCUT2D eigenvalue weighted by Crippen LogP contribution is 2.27. The average Bonchev–Trinajstić information content (AvgIpc) is 2.41. The van der Waals surface area contributed by atoms with Crippen LogP contribution in [0.5, 0.6) is 0 Å². The summed E-state index contributed by atoms with van der Waals surface area (Å²) in [7, 11) is -3.66. The minimum atomic E-state index is -3.66. The van der Waals surface area contributed by atoms with Gasteiger partial charge in [-0.1, -0.05) is 6.92 Å². The van der Waals surface area contributed by atoms with Crippen LogP contribution in [0.4, 0.5) is 0 Å². The second-order valence-electron chi connectivity index (χ2n) is 5.30. The largest absolute Gasteiger partial charge is 0.478 e. The molecule has 0 spiro atoms. The fourth-order valence-electron chi connectivity index (χ4n) is 2.36. The lowest BCUT2D eigenvalue weighted by atomic mass is 9.97. The van der Waals surface area contributed by atoms with Crippen molar-refractivity contribution in [3.8, 4) is 0 Å². The topological polar surface area (TPSA) is 87.6 Å². The van der Waals surface area contributed by atoms with Gasteiger partial charge in [0.2, 0.25) is 0 Å². The van der Waals surface area contributed by atoms with Crippen LogP contribution in [0.1, 0.15) is 37.0 Å². The van der Waals surface area contributed by atoms with E-state index in [1.54, 1.807) is 0 Å². The maximum Gasteiger partial charge on any atom is 0.337 e. The number of carboxylic acids is 1. The molecule has 2 rings (SSSR count). The normalized spacial score (nSPS) is 24.5. The molecule has 2 heterocycles. The Labute approximate surface area is 118 Å². The second kappa shape index (κ2) is 5.49. The molecule has 1 N–H and O–H groups in total. The summed E-state index contributed by atoms with van der Waals surface area (Å²) in [6.07, 6.45) is 2.92.